The monoisotopic (exact) mass is 352 g/mol. The Labute approximate surface area is 148 Å². The molecule has 0 saturated heterocycles. The number of carbonyl (C=O) groups excluding carboxylic acids is 1. The second-order valence-corrected chi connectivity index (χ2v) is 6.28. The van der Waals surface area contributed by atoms with Gasteiger partial charge in [-0.2, -0.15) is 0 Å². The molecule has 0 aliphatic carbocycles. The van der Waals surface area contributed by atoms with Gasteiger partial charge in [0.15, 0.2) is 0 Å². The van der Waals surface area contributed by atoms with Gasteiger partial charge in [-0.25, -0.2) is 4.79 Å². The fraction of sp³-hybridized carbons (Fsp3) is 0.556. The van der Waals surface area contributed by atoms with Crippen LogP contribution in [0.2, 0.25) is 0 Å². The SMILES string of the molecule is CCCCNC(=O)[C@H](C)C[C@H](O)[C@H](Cc1cccc(O)c1)NC(=O)O. The Morgan fingerprint density at radius 2 is 2.00 bits per heavy atom. The van der Waals surface area contributed by atoms with Crippen molar-refractivity contribution in [1.29, 1.82) is 0 Å². The zero-order valence-corrected chi connectivity index (χ0v) is 14.7. The third kappa shape index (κ3) is 7.89. The number of hydrogen-bond acceptors (Lipinski definition) is 4. The van der Waals surface area contributed by atoms with Crippen molar-refractivity contribution in [2.45, 2.75) is 51.7 Å². The number of hydrogen-bond donors (Lipinski definition) is 5. The van der Waals surface area contributed by atoms with Crippen molar-refractivity contribution in [3.05, 3.63) is 29.8 Å². The summed E-state index contributed by atoms with van der Waals surface area (Å²) in [6.45, 7) is 4.33. The summed E-state index contributed by atoms with van der Waals surface area (Å²) in [4.78, 5) is 23.0. The molecule has 0 spiro atoms. The van der Waals surface area contributed by atoms with Crippen molar-refractivity contribution in [3.63, 3.8) is 0 Å². The van der Waals surface area contributed by atoms with E-state index in [1.54, 1.807) is 19.1 Å². The highest BCUT2D eigenvalue weighted by molar-refractivity contribution is 5.78. The minimum absolute atomic E-state index is 0.0738. The van der Waals surface area contributed by atoms with Crippen molar-refractivity contribution in [1.82, 2.24) is 10.6 Å². The average molecular weight is 352 g/mol. The summed E-state index contributed by atoms with van der Waals surface area (Å²) in [6.07, 6.45) is -0.0454. The van der Waals surface area contributed by atoms with E-state index in [0.29, 0.717) is 12.1 Å². The predicted molar refractivity (Wildman–Crippen MR) is 94.5 cm³/mol. The number of benzene rings is 1. The topological polar surface area (TPSA) is 119 Å². The van der Waals surface area contributed by atoms with Crippen molar-refractivity contribution in [2.75, 3.05) is 6.54 Å². The van der Waals surface area contributed by atoms with Crippen molar-refractivity contribution in [2.24, 2.45) is 5.92 Å². The molecule has 5 N–H and O–H groups in total. The van der Waals surface area contributed by atoms with Crippen LogP contribution in [0.25, 0.3) is 0 Å². The van der Waals surface area contributed by atoms with Gasteiger partial charge in [-0.05, 0) is 37.0 Å². The third-order valence-corrected chi connectivity index (χ3v) is 4.01. The molecule has 0 unspecified atom stereocenters. The molecule has 7 heteroatoms. The van der Waals surface area contributed by atoms with Crippen LogP contribution in [0.3, 0.4) is 0 Å². The first kappa shape index (κ1) is 20.8. The number of aliphatic hydroxyl groups excluding tert-OH is 1. The van der Waals surface area contributed by atoms with E-state index in [0.717, 1.165) is 12.8 Å². The summed E-state index contributed by atoms with van der Waals surface area (Å²) in [6, 6.07) is 5.65. The second-order valence-electron chi connectivity index (χ2n) is 6.28. The molecule has 0 aliphatic heterocycles. The second kappa shape index (κ2) is 10.6. The molecule has 2 amide bonds. The summed E-state index contributed by atoms with van der Waals surface area (Å²) in [5.41, 5.74) is 0.692. The summed E-state index contributed by atoms with van der Waals surface area (Å²) in [5, 5.41) is 34.0. The molecule has 0 heterocycles. The van der Waals surface area contributed by atoms with Crippen LogP contribution in [-0.2, 0) is 11.2 Å². The van der Waals surface area contributed by atoms with E-state index in [-0.39, 0.29) is 24.5 Å². The Bertz CT molecular complexity index is 564. The maximum atomic E-state index is 12.0. The molecule has 1 rings (SSSR count). The Morgan fingerprint density at radius 1 is 1.28 bits per heavy atom. The molecule has 0 saturated carbocycles. The summed E-state index contributed by atoms with van der Waals surface area (Å²) in [5.74, 6) is -0.516. The smallest absolute Gasteiger partial charge is 0.404 e. The van der Waals surface area contributed by atoms with E-state index < -0.39 is 24.2 Å². The van der Waals surface area contributed by atoms with Crippen LogP contribution < -0.4 is 10.6 Å². The van der Waals surface area contributed by atoms with E-state index >= 15 is 0 Å². The van der Waals surface area contributed by atoms with Gasteiger partial charge in [-0.15, -0.1) is 0 Å². The van der Waals surface area contributed by atoms with E-state index in [1.807, 2.05) is 6.92 Å². The minimum Gasteiger partial charge on any atom is -0.508 e. The van der Waals surface area contributed by atoms with Gasteiger partial charge < -0.3 is 26.0 Å². The summed E-state index contributed by atoms with van der Waals surface area (Å²) in [7, 11) is 0. The van der Waals surface area contributed by atoms with Gasteiger partial charge in [0.25, 0.3) is 0 Å². The zero-order chi connectivity index (χ0) is 18.8. The van der Waals surface area contributed by atoms with E-state index in [2.05, 4.69) is 10.6 Å². The van der Waals surface area contributed by atoms with Gasteiger partial charge in [-0.3, -0.25) is 4.79 Å². The van der Waals surface area contributed by atoms with Crippen LogP contribution in [0.1, 0.15) is 38.7 Å². The Hall–Kier alpha value is -2.28. The molecule has 25 heavy (non-hydrogen) atoms. The predicted octanol–water partition coefficient (Wildman–Crippen LogP) is 1.87. The number of phenolic OH excluding ortho intramolecular Hbond substituents is 1. The molecule has 0 bridgehead atoms. The Balaban J connectivity index is 2.67. The lowest BCUT2D eigenvalue weighted by Crippen LogP contribution is -2.46. The summed E-state index contributed by atoms with van der Waals surface area (Å²) >= 11 is 0. The van der Waals surface area contributed by atoms with Gasteiger partial charge in [0.05, 0.1) is 12.1 Å². The third-order valence-electron chi connectivity index (χ3n) is 4.01. The lowest BCUT2D eigenvalue weighted by Gasteiger charge is -2.25. The molecule has 0 radical (unpaired) electrons. The lowest BCUT2D eigenvalue weighted by molar-refractivity contribution is -0.125. The number of carbonyl (C=O) groups is 2. The van der Waals surface area contributed by atoms with Crippen LogP contribution >= 0.6 is 0 Å². The largest absolute Gasteiger partial charge is 0.508 e. The fourth-order valence-electron chi connectivity index (χ4n) is 2.58. The first-order valence-electron chi connectivity index (χ1n) is 8.56. The molecule has 0 fully saturated rings. The number of rotatable bonds is 10. The zero-order valence-electron chi connectivity index (χ0n) is 14.7. The van der Waals surface area contributed by atoms with Crippen molar-refractivity contribution in [3.8, 4) is 5.75 Å². The number of amides is 2. The van der Waals surface area contributed by atoms with Crippen LogP contribution in [0.15, 0.2) is 24.3 Å². The van der Waals surface area contributed by atoms with Crippen LogP contribution in [0, 0.1) is 5.92 Å². The van der Waals surface area contributed by atoms with Gasteiger partial charge >= 0.3 is 6.09 Å². The standard InChI is InChI=1S/C18H28N2O5/c1-3-4-8-19-17(23)12(2)9-16(22)15(20-18(24)25)11-13-6-5-7-14(21)10-13/h5-7,10,12,15-16,20-22H,3-4,8-9,11H2,1-2H3,(H,19,23)(H,24,25)/t12-,15+,16+/m1/s1. The van der Waals surface area contributed by atoms with E-state index in [9.17, 15) is 19.8 Å². The minimum atomic E-state index is -1.25. The molecule has 3 atom stereocenters. The lowest BCUT2D eigenvalue weighted by atomic mass is 9.93. The van der Waals surface area contributed by atoms with Crippen LogP contribution in [0.4, 0.5) is 4.79 Å². The normalized spacial score (nSPS) is 14.4. The van der Waals surface area contributed by atoms with Crippen molar-refractivity contribution >= 4 is 12.0 Å². The molecule has 140 valence electrons. The number of unbranched alkanes of at least 4 members (excludes halogenated alkanes) is 1. The quantitative estimate of drug-likeness (QED) is 0.412. The number of nitrogens with one attached hydrogen (secondary N) is 2. The molecule has 1 aromatic carbocycles. The van der Waals surface area contributed by atoms with Crippen molar-refractivity contribution < 1.29 is 24.9 Å². The number of phenols is 1. The van der Waals surface area contributed by atoms with Gasteiger partial charge in [-0.1, -0.05) is 32.4 Å². The molecule has 7 nitrogen and oxygen atoms in total. The molecular formula is C18H28N2O5. The number of aromatic hydroxyl groups is 1. The Kier molecular flexibility index (Phi) is 8.77. The first-order valence-corrected chi connectivity index (χ1v) is 8.56. The molecule has 0 aliphatic rings. The molecule has 1 aromatic rings. The van der Waals surface area contributed by atoms with E-state index in [1.165, 1.54) is 12.1 Å². The average Bonchev–Trinajstić information content (AvgIpc) is 2.53. The number of aliphatic hydroxyl groups is 1. The van der Waals surface area contributed by atoms with Gasteiger partial charge in [0.1, 0.15) is 5.75 Å². The maximum absolute atomic E-state index is 12.0. The highest BCUT2D eigenvalue weighted by Gasteiger charge is 2.26. The maximum Gasteiger partial charge on any atom is 0.404 e. The Morgan fingerprint density at radius 3 is 2.60 bits per heavy atom. The first-order chi connectivity index (χ1) is 11.8. The van der Waals surface area contributed by atoms with Crippen LogP contribution in [0.5, 0.6) is 5.75 Å². The van der Waals surface area contributed by atoms with E-state index in [4.69, 9.17) is 5.11 Å². The molecular weight excluding hydrogens is 324 g/mol. The summed E-state index contributed by atoms with van der Waals surface area (Å²) < 4.78 is 0. The molecule has 0 aromatic heterocycles. The fourth-order valence-corrected chi connectivity index (χ4v) is 2.58. The highest BCUT2D eigenvalue weighted by atomic mass is 16.4. The van der Waals surface area contributed by atoms with Gasteiger partial charge in [0, 0.05) is 12.5 Å². The van der Waals surface area contributed by atoms with Crippen LogP contribution in [-0.4, -0.2) is 46.0 Å². The van der Waals surface area contributed by atoms with Gasteiger partial charge in [0.2, 0.25) is 5.91 Å². The number of carboxylic acid groups (broad SMARTS) is 1. The highest BCUT2D eigenvalue weighted by Crippen LogP contribution is 2.17.